The second-order valence-corrected chi connectivity index (χ2v) is 5.87. The van der Waals surface area contributed by atoms with Crippen LogP contribution in [-0.2, 0) is 0 Å². The highest BCUT2D eigenvalue weighted by molar-refractivity contribution is 9.10. The predicted molar refractivity (Wildman–Crippen MR) is 84.9 cm³/mol. The molecule has 2 nitrogen and oxygen atoms in total. The molecule has 2 aromatic rings. The Kier molecular flexibility index (Phi) is 4.48. The van der Waals surface area contributed by atoms with Crippen molar-refractivity contribution in [3.63, 3.8) is 0 Å². The fraction of sp³-hybridized carbons (Fsp3) is 0.267. The first-order valence-corrected chi connectivity index (χ1v) is 7.27. The molecule has 0 N–H and O–H groups in total. The molecular formula is C15H16BrClN2. The molecule has 0 spiro atoms. The minimum absolute atomic E-state index is 0.215. The molecule has 0 aliphatic heterocycles. The lowest BCUT2D eigenvalue weighted by Gasteiger charge is -2.27. The van der Waals surface area contributed by atoms with Crippen LogP contribution < -0.4 is 4.90 Å². The van der Waals surface area contributed by atoms with Crippen LogP contribution in [0.25, 0.3) is 0 Å². The summed E-state index contributed by atoms with van der Waals surface area (Å²) in [5.41, 5.74) is 2.17. The SMILES string of the molecule is Cc1nc(N(C)C(C)c2cccc(Cl)c2)ccc1Br. The Morgan fingerprint density at radius 3 is 2.63 bits per heavy atom. The monoisotopic (exact) mass is 338 g/mol. The van der Waals surface area contributed by atoms with Crippen LogP contribution in [0.4, 0.5) is 5.82 Å². The topological polar surface area (TPSA) is 16.1 Å². The summed E-state index contributed by atoms with van der Waals surface area (Å²) in [6, 6.07) is 12.2. The number of benzene rings is 1. The quantitative estimate of drug-likeness (QED) is 0.782. The number of pyridine rings is 1. The molecule has 0 bridgehead atoms. The van der Waals surface area contributed by atoms with E-state index in [0.717, 1.165) is 21.0 Å². The Bertz CT molecular complexity index is 586. The third kappa shape index (κ3) is 3.28. The molecule has 1 heterocycles. The third-order valence-electron chi connectivity index (χ3n) is 3.28. The van der Waals surface area contributed by atoms with Crippen LogP contribution in [0.15, 0.2) is 40.9 Å². The zero-order chi connectivity index (χ0) is 14.0. The minimum Gasteiger partial charge on any atom is -0.353 e. The maximum absolute atomic E-state index is 6.05. The molecule has 0 amide bonds. The van der Waals surface area contributed by atoms with Crippen molar-refractivity contribution in [2.24, 2.45) is 0 Å². The molecule has 1 unspecified atom stereocenters. The van der Waals surface area contributed by atoms with Crippen molar-refractivity contribution >= 4 is 33.3 Å². The van der Waals surface area contributed by atoms with Crippen LogP contribution in [0, 0.1) is 6.92 Å². The highest BCUT2D eigenvalue weighted by Crippen LogP contribution is 2.27. The van der Waals surface area contributed by atoms with Crippen LogP contribution in [0.2, 0.25) is 5.02 Å². The number of rotatable bonds is 3. The molecular weight excluding hydrogens is 324 g/mol. The normalized spacial score (nSPS) is 12.3. The van der Waals surface area contributed by atoms with E-state index in [9.17, 15) is 0 Å². The number of anilines is 1. The molecule has 0 aliphatic carbocycles. The van der Waals surface area contributed by atoms with Gasteiger partial charge in [-0.25, -0.2) is 4.98 Å². The van der Waals surface area contributed by atoms with Crippen molar-refractivity contribution in [1.82, 2.24) is 4.98 Å². The van der Waals surface area contributed by atoms with E-state index >= 15 is 0 Å². The van der Waals surface area contributed by atoms with E-state index in [1.54, 1.807) is 0 Å². The van der Waals surface area contributed by atoms with Crippen LogP contribution >= 0.6 is 27.5 Å². The summed E-state index contributed by atoms with van der Waals surface area (Å²) < 4.78 is 1.03. The number of aromatic nitrogens is 1. The molecule has 2 rings (SSSR count). The zero-order valence-corrected chi connectivity index (χ0v) is 13.5. The van der Waals surface area contributed by atoms with E-state index in [0.29, 0.717) is 0 Å². The van der Waals surface area contributed by atoms with Gasteiger partial charge in [-0.1, -0.05) is 23.7 Å². The van der Waals surface area contributed by atoms with Gasteiger partial charge in [-0.15, -0.1) is 0 Å². The second-order valence-electron chi connectivity index (χ2n) is 4.58. The number of aryl methyl sites for hydroxylation is 1. The second kappa shape index (κ2) is 5.93. The first-order chi connectivity index (χ1) is 8.99. The van der Waals surface area contributed by atoms with Gasteiger partial charge in [0.2, 0.25) is 0 Å². The largest absolute Gasteiger partial charge is 0.353 e. The average molecular weight is 340 g/mol. The van der Waals surface area contributed by atoms with Crippen molar-refractivity contribution < 1.29 is 0 Å². The Morgan fingerprint density at radius 2 is 2.00 bits per heavy atom. The van der Waals surface area contributed by atoms with Gasteiger partial charge in [0.15, 0.2) is 0 Å². The Morgan fingerprint density at radius 1 is 1.26 bits per heavy atom. The van der Waals surface area contributed by atoms with Crippen LogP contribution in [0.3, 0.4) is 0 Å². The van der Waals surface area contributed by atoms with Gasteiger partial charge in [-0.05, 0) is 59.6 Å². The van der Waals surface area contributed by atoms with Gasteiger partial charge in [0.25, 0.3) is 0 Å². The molecule has 0 saturated carbocycles. The smallest absolute Gasteiger partial charge is 0.129 e. The molecule has 0 aliphatic rings. The highest BCUT2D eigenvalue weighted by atomic mass is 79.9. The van der Waals surface area contributed by atoms with Gasteiger partial charge >= 0.3 is 0 Å². The van der Waals surface area contributed by atoms with Gasteiger partial charge in [0.1, 0.15) is 5.82 Å². The van der Waals surface area contributed by atoms with Crippen LogP contribution in [0.5, 0.6) is 0 Å². The zero-order valence-electron chi connectivity index (χ0n) is 11.2. The summed E-state index contributed by atoms with van der Waals surface area (Å²) >= 11 is 9.52. The highest BCUT2D eigenvalue weighted by Gasteiger charge is 2.14. The third-order valence-corrected chi connectivity index (χ3v) is 4.35. The lowest BCUT2D eigenvalue weighted by Crippen LogP contribution is -2.22. The van der Waals surface area contributed by atoms with Gasteiger partial charge in [-0.3, -0.25) is 0 Å². The summed E-state index contributed by atoms with van der Waals surface area (Å²) in [7, 11) is 2.04. The van der Waals surface area contributed by atoms with E-state index in [2.05, 4.69) is 38.8 Å². The Hall–Kier alpha value is -1.06. The molecule has 1 aromatic heterocycles. The molecule has 19 heavy (non-hydrogen) atoms. The standard InChI is InChI=1S/C15H16BrClN2/c1-10-14(16)7-8-15(18-10)19(3)11(2)12-5-4-6-13(17)9-12/h4-9,11H,1-3H3. The van der Waals surface area contributed by atoms with E-state index in [1.165, 1.54) is 5.56 Å². The van der Waals surface area contributed by atoms with Gasteiger partial charge in [0, 0.05) is 16.5 Å². The fourth-order valence-electron chi connectivity index (χ4n) is 1.92. The summed E-state index contributed by atoms with van der Waals surface area (Å²) in [5.74, 6) is 0.952. The van der Waals surface area contributed by atoms with Gasteiger partial charge in [-0.2, -0.15) is 0 Å². The predicted octanol–water partition coefficient (Wildman–Crippen LogP) is 5.00. The van der Waals surface area contributed by atoms with Crippen molar-refractivity contribution in [3.05, 3.63) is 57.2 Å². The molecule has 4 heteroatoms. The van der Waals surface area contributed by atoms with Crippen molar-refractivity contribution in [2.75, 3.05) is 11.9 Å². The van der Waals surface area contributed by atoms with E-state index in [-0.39, 0.29) is 6.04 Å². The molecule has 1 atom stereocenters. The van der Waals surface area contributed by atoms with E-state index in [4.69, 9.17) is 11.6 Å². The summed E-state index contributed by atoms with van der Waals surface area (Å²) in [4.78, 5) is 6.73. The molecule has 0 saturated heterocycles. The lowest BCUT2D eigenvalue weighted by atomic mass is 10.1. The minimum atomic E-state index is 0.215. The van der Waals surface area contributed by atoms with Crippen molar-refractivity contribution in [2.45, 2.75) is 19.9 Å². The maximum Gasteiger partial charge on any atom is 0.129 e. The number of hydrogen-bond donors (Lipinski definition) is 0. The van der Waals surface area contributed by atoms with E-state index < -0.39 is 0 Å². The van der Waals surface area contributed by atoms with Gasteiger partial charge < -0.3 is 4.90 Å². The van der Waals surface area contributed by atoms with Gasteiger partial charge in [0.05, 0.1) is 11.7 Å². The summed E-state index contributed by atoms with van der Waals surface area (Å²) in [6.45, 7) is 4.14. The van der Waals surface area contributed by atoms with E-state index in [1.807, 2.05) is 44.3 Å². The number of hydrogen-bond acceptors (Lipinski definition) is 2. The molecule has 0 radical (unpaired) electrons. The maximum atomic E-state index is 6.05. The fourth-order valence-corrected chi connectivity index (χ4v) is 2.34. The molecule has 100 valence electrons. The molecule has 0 fully saturated rings. The van der Waals surface area contributed by atoms with Crippen LogP contribution in [0.1, 0.15) is 24.2 Å². The average Bonchev–Trinajstić information content (AvgIpc) is 2.40. The first kappa shape index (κ1) is 14.4. The van der Waals surface area contributed by atoms with Crippen molar-refractivity contribution in [1.29, 1.82) is 0 Å². The Balaban J connectivity index is 2.27. The summed E-state index contributed by atoms with van der Waals surface area (Å²) in [5, 5.41) is 0.762. The first-order valence-electron chi connectivity index (χ1n) is 6.10. The lowest BCUT2D eigenvalue weighted by molar-refractivity contribution is 0.727. The molecule has 1 aromatic carbocycles. The number of nitrogens with zero attached hydrogens (tertiary/aromatic N) is 2. The summed E-state index contributed by atoms with van der Waals surface area (Å²) in [6.07, 6.45) is 0. The van der Waals surface area contributed by atoms with Crippen LogP contribution in [-0.4, -0.2) is 12.0 Å². The Labute approximate surface area is 127 Å². The number of halogens is 2. The van der Waals surface area contributed by atoms with Crippen molar-refractivity contribution in [3.8, 4) is 0 Å².